The van der Waals surface area contributed by atoms with E-state index in [1.54, 1.807) is 0 Å². The van der Waals surface area contributed by atoms with E-state index < -0.39 is 17.4 Å². The molecule has 15 heteroatoms. The van der Waals surface area contributed by atoms with Crippen LogP contribution in [0, 0.1) is 12.7 Å². The standard InChI is InChI=1S/C30H26F4N6O3S2/c1-4-43-18(3)22-11-5-17(2)13-25(22)40-26(41)15-44-29(40)37-28(42)36-24-12-6-19(14-23(24)31)27-35-16-39(38-27)20-7-9-21(10-8-20)45-30(32,33)34/h5-14,16,18H,4,15H2,1-3H3,(H,36,42). The van der Waals surface area contributed by atoms with Crippen LogP contribution in [-0.4, -0.2) is 49.7 Å². The molecule has 1 N–H and O–H groups in total. The van der Waals surface area contributed by atoms with Crippen LogP contribution in [0.5, 0.6) is 0 Å². The third-order valence-corrected chi connectivity index (χ3v) is 8.20. The number of urea groups is 1. The van der Waals surface area contributed by atoms with Gasteiger partial charge in [-0.25, -0.2) is 18.9 Å². The van der Waals surface area contributed by atoms with Crippen molar-refractivity contribution in [3.8, 4) is 17.1 Å². The molecule has 0 radical (unpaired) electrons. The molecule has 0 aliphatic carbocycles. The molecule has 1 aliphatic heterocycles. The maximum Gasteiger partial charge on any atom is 0.446 e. The normalized spacial score (nSPS) is 15.1. The van der Waals surface area contributed by atoms with E-state index in [4.69, 9.17) is 4.74 Å². The van der Waals surface area contributed by atoms with Crippen LogP contribution in [0.15, 0.2) is 76.9 Å². The number of hydrogen-bond donors (Lipinski definition) is 1. The highest BCUT2D eigenvalue weighted by Crippen LogP contribution is 2.37. The molecule has 4 aromatic rings. The first-order valence-electron chi connectivity index (χ1n) is 13.6. The van der Waals surface area contributed by atoms with E-state index in [1.807, 2.05) is 39.0 Å². The van der Waals surface area contributed by atoms with Crippen molar-refractivity contribution >= 4 is 52.0 Å². The number of nitrogens with one attached hydrogen (secondary N) is 1. The lowest BCUT2D eigenvalue weighted by Gasteiger charge is -2.23. The number of amides is 3. The van der Waals surface area contributed by atoms with Gasteiger partial charge in [-0.2, -0.15) is 18.2 Å². The number of rotatable bonds is 8. The minimum Gasteiger partial charge on any atom is -0.374 e. The summed E-state index contributed by atoms with van der Waals surface area (Å²) in [7, 11) is 0. The summed E-state index contributed by atoms with van der Waals surface area (Å²) in [6.45, 7) is 6.11. The van der Waals surface area contributed by atoms with Gasteiger partial charge in [-0.3, -0.25) is 9.69 Å². The number of anilines is 2. The molecule has 234 valence electrons. The van der Waals surface area contributed by atoms with Crippen molar-refractivity contribution < 1.29 is 31.9 Å². The molecule has 1 aliphatic rings. The van der Waals surface area contributed by atoms with Crippen LogP contribution in [0.4, 0.5) is 33.7 Å². The second-order valence-corrected chi connectivity index (χ2v) is 11.8. The molecule has 0 saturated carbocycles. The number of ether oxygens (including phenoxy) is 1. The molecule has 45 heavy (non-hydrogen) atoms. The number of nitrogens with zero attached hydrogens (tertiary/aromatic N) is 5. The summed E-state index contributed by atoms with van der Waals surface area (Å²) in [6.07, 6.45) is 1.04. The molecule has 1 unspecified atom stereocenters. The van der Waals surface area contributed by atoms with E-state index >= 15 is 4.39 Å². The van der Waals surface area contributed by atoms with E-state index in [0.717, 1.165) is 29.0 Å². The fourth-order valence-electron chi connectivity index (χ4n) is 4.52. The SMILES string of the molecule is CCOC(C)c1ccc(C)cc1N1C(=O)CSC1=NC(=O)Nc1ccc(-c2ncn(-c3ccc(SC(F)(F)F)cc3)n2)cc1F. The number of benzene rings is 3. The molecule has 2 heterocycles. The van der Waals surface area contributed by atoms with Crippen molar-refractivity contribution in [1.82, 2.24) is 14.8 Å². The molecule has 9 nitrogen and oxygen atoms in total. The summed E-state index contributed by atoms with van der Waals surface area (Å²) in [5.41, 5.74) is -1.53. The molecule has 0 spiro atoms. The van der Waals surface area contributed by atoms with Gasteiger partial charge < -0.3 is 10.1 Å². The second kappa shape index (κ2) is 13.4. The number of aryl methyl sites for hydroxylation is 1. The zero-order valence-corrected chi connectivity index (χ0v) is 25.8. The van der Waals surface area contributed by atoms with Gasteiger partial charge in [-0.1, -0.05) is 23.9 Å². The van der Waals surface area contributed by atoms with E-state index in [1.165, 1.54) is 52.3 Å². The molecular formula is C30H26F4N6O3S2. The summed E-state index contributed by atoms with van der Waals surface area (Å²) in [5, 5.41) is 6.86. The maximum atomic E-state index is 15.1. The van der Waals surface area contributed by atoms with Crippen molar-refractivity contribution in [2.45, 2.75) is 37.3 Å². The summed E-state index contributed by atoms with van der Waals surface area (Å²) in [4.78, 5) is 35.4. The Kier molecular flexibility index (Phi) is 9.60. The Morgan fingerprint density at radius 3 is 2.60 bits per heavy atom. The first-order valence-corrected chi connectivity index (χ1v) is 15.4. The highest BCUT2D eigenvalue weighted by molar-refractivity contribution is 8.15. The number of thioether (sulfide) groups is 2. The first kappa shape index (κ1) is 32.2. The summed E-state index contributed by atoms with van der Waals surface area (Å²) in [6, 6.07) is 14.3. The summed E-state index contributed by atoms with van der Waals surface area (Å²) < 4.78 is 60.0. The lowest BCUT2D eigenvalue weighted by molar-refractivity contribution is -0.115. The Morgan fingerprint density at radius 2 is 1.91 bits per heavy atom. The lowest BCUT2D eigenvalue weighted by Crippen LogP contribution is -2.31. The maximum absolute atomic E-state index is 15.1. The molecule has 3 aromatic carbocycles. The van der Waals surface area contributed by atoms with Crippen molar-refractivity contribution in [3.63, 3.8) is 0 Å². The smallest absolute Gasteiger partial charge is 0.374 e. The monoisotopic (exact) mass is 658 g/mol. The predicted octanol–water partition coefficient (Wildman–Crippen LogP) is 7.76. The van der Waals surface area contributed by atoms with Gasteiger partial charge in [0.15, 0.2) is 11.0 Å². The Bertz CT molecular complexity index is 1760. The van der Waals surface area contributed by atoms with Gasteiger partial charge in [0.2, 0.25) is 5.91 Å². The molecule has 5 rings (SSSR count). The summed E-state index contributed by atoms with van der Waals surface area (Å²) >= 11 is 0.877. The third-order valence-electron chi connectivity index (χ3n) is 6.54. The minimum atomic E-state index is -4.40. The second-order valence-electron chi connectivity index (χ2n) is 9.75. The summed E-state index contributed by atoms with van der Waals surface area (Å²) in [5.74, 6) is -0.778. The van der Waals surface area contributed by atoms with E-state index in [2.05, 4.69) is 20.4 Å². The zero-order chi connectivity index (χ0) is 32.3. The molecule has 1 aromatic heterocycles. The Balaban J connectivity index is 1.31. The average Bonchev–Trinajstić information content (AvgIpc) is 3.61. The molecule has 1 atom stereocenters. The minimum absolute atomic E-state index is 0.0262. The molecule has 3 amide bonds. The Hall–Kier alpha value is -4.21. The van der Waals surface area contributed by atoms with Gasteiger partial charge in [-0.15, -0.1) is 5.10 Å². The topological polar surface area (TPSA) is 102 Å². The van der Waals surface area contributed by atoms with E-state index in [-0.39, 0.29) is 51.1 Å². The van der Waals surface area contributed by atoms with Gasteiger partial charge in [0, 0.05) is 22.6 Å². The fourth-order valence-corrected chi connectivity index (χ4v) is 5.92. The number of alkyl halides is 3. The van der Waals surface area contributed by atoms with Gasteiger partial charge in [-0.05, 0) is 86.6 Å². The van der Waals surface area contributed by atoms with E-state index in [9.17, 15) is 22.8 Å². The van der Waals surface area contributed by atoms with Gasteiger partial charge >= 0.3 is 11.5 Å². The highest BCUT2D eigenvalue weighted by Gasteiger charge is 2.33. The number of aromatic nitrogens is 3. The first-order chi connectivity index (χ1) is 21.4. The molecular weight excluding hydrogens is 632 g/mol. The number of aliphatic imine (C=N–C) groups is 1. The van der Waals surface area contributed by atoms with Crippen LogP contribution in [0.3, 0.4) is 0 Å². The van der Waals surface area contributed by atoms with Gasteiger partial charge in [0.1, 0.15) is 12.1 Å². The molecule has 0 bridgehead atoms. The fraction of sp³-hybridized carbons (Fsp3) is 0.233. The number of carbonyl (C=O) groups is 2. The average molecular weight is 659 g/mol. The van der Waals surface area contributed by atoms with Gasteiger partial charge in [0.05, 0.1) is 28.9 Å². The zero-order valence-electron chi connectivity index (χ0n) is 24.1. The van der Waals surface area contributed by atoms with Crippen molar-refractivity contribution in [3.05, 3.63) is 83.9 Å². The molecule has 1 fully saturated rings. The number of halogens is 4. The number of carbonyl (C=O) groups excluding carboxylic acids is 2. The Morgan fingerprint density at radius 1 is 1.16 bits per heavy atom. The van der Waals surface area contributed by atoms with Gasteiger partial charge in [0.25, 0.3) is 0 Å². The van der Waals surface area contributed by atoms with Crippen LogP contribution in [-0.2, 0) is 9.53 Å². The lowest BCUT2D eigenvalue weighted by atomic mass is 10.0. The largest absolute Gasteiger partial charge is 0.446 e. The van der Waals surface area contributed by atoms with Crippen LogP contribution >= 0.6 is 23.5 Å². The predicted molar refractivity (Wildman–Crippen MR) is 166 cm³/mol. The Labute approximate surface area is 264 Å². The highest BCUT2D eigenvalue weighted by atomic mass is 32.2. The van der Waals surface area contributed by atoms with Crippen LogP contribution in [0.1, 0.15) is 31.1 Å². The molecule has 1 saturated heterocycles. The van der Waals surface area contributed by atoms with Crippen molar-refractivity contribution in [1.29, 1.82) is 0 Å². The van der Waals surface area contributed by atoms with E-state index in [0.29, 0.717) is 23.5 Å². The van der Waals surface area contributed by atoms with Crippen LogP contribution in [0.25, 0.3) is 17.1 Å². The van der Waals surface area contributed by atoms with Crippen molar-refractivity contribution in [2.24, 2.45) is 4.99 Å². The van der Waals surface area contributed by atoms with Crippen molar-refractivity contribution in [2.75, 3.05) is 22.6 Å². The van der Waals surface area contributed by atoms with Crippen LogP contribution < -0.4 is 10.2 Å². The third kappa shape index (κ3) is 7.72. The van der Waals surface area contributed by atoms with Crippen LogP contribution in [0.2, 0.25) is 0 Å². The number of hydrogen-bond acceptors (Lipinski definition) is 7. The quantitative estimate of drug-likeness (QED) is 0.153. The number of amidine groups is 1.